The van der Waals surface area contributed by atoms with Gasteiger partial charge in [-0.2, -0.15) is 0 Å². The highest BCUT2D eigenvalue weighted by Crippen LogP contribution is 2.44. The minimum absolute atomic E-state index is 0.00809. The number of hydrogen-bond donors (Lipinski definition) is 2. The molecule has 2 N–H and O–H groups in total. The molecule has 3 heterocycles. The molecule has 1 atom stereocenters. The van der Waals surface area contributed by atoms with E-state index in [1.807, 2.05) is 6.07 Å². The molecule has 1 amide bonds. The van der Waals surface area contributed by atoms with E-state index in [1.165, 1.54) is 39.3 Å². The number of ether oxygens (including phenoxy) is 3. The van der Waals surface area contributed by atoms with E-state index in [4.69, 9.17) is 14.2 Å². The van der Waals surface area contributed by atoms with Gasteiger partial charge in [-0.25, -0.2) is 0 Å². The first-order chi connectivity index (χ1) is 14.2. The largest absolute Gasteiger partial charge is 0.454 e. The zero-order valence-corrected chi connectivity index (χ0v) is 17.5. The van der Waals surface area contributed by atoms with E-state index in [1.54, 1.807) is 18.3 Å². The van der Waals surface area contributed by atoms with Crippen LogP contribution in [-0.4, -0.2) is 39.0 Å². The Kier molecular flexibility index (Phi) is 5.20. The van der Waals surface area contributed by atoms with Crippen LogP contribution in [0.15, 0.2) is 18.2 Å². The van der Waals surface area contributed by atoms with Gasteiger partial charge in [0.25, 0.3) is 0 Å². The quantitative estimate of drug-likeness (QED) is 0.805. The van der Waals surface area contributed by atoms with E-state index < -0.39 is 0 Å². The summed E-state index contributed by atoms with van der Waals surface area (Å²) in [6.07, 6.45) is 4.64. The van der Waals surface area contributed by atoms with Crippen LogP contribution >= 0.6 is 11.3 Å². The summed E-state index contributed by atoms with van der Waals surface area (Å²) in [6.45, 7) is 5.29. The molecule has 6 nitrogen and oxygen atoms in total. The van der Waals surface area contributed by atoms with Crippen molar-refractivity contribution in [3.8, 4) is 11.5 Å². The highest BCUT2D eigenvalue weighted by Gasteiger charge is 2.36. The Labute approximate surface area is 174 Å². The van der Waals surface area contributed by atoms with E-state index in [9.17, 15) is 4.79 Å². The molecule has 3 aliphatic rings. The average molecular weight is 416 g/mol. The SMILES string of the molecule is CC(=O)Nc1sc2c(c1[C@H](c1ccc3c(c1)OCO3)[NH+]1CCOCC1)CCCC2. The van der Waals surface area contributed by atoms with Crippen LogP contribution in [0.1, 0.15) is 47.4 Å². The Morgan fingerprint density at radius 3 is 2.76 bits per heavy atom. The summed E-state index contributed by atoms with van der Waals surface area (Å²) in [6, 6.07) is 6.44. The van der Waals surface area contributed by atoms with Crippen LogP contribution in [0.3, 0.4) is 0 Å². The average Bonchev–Trinajstić information content (AvgIpc) is 3.33. The molecule has 0 radical (unpaired) electrons. The van der Waals surface area contributed by atoms with Crippen molar-refractivity contribution in [2.24, 2.45) is 0 Å². The molecule has 2 aliphatic heterocycles. The summed E-state index contributed by atoms with van der Waals surface area (Å²) in [5.74, 6) is 1.61. The van der Waals surface area contributed by atoms with Gasteiger partial charge in [0.05, 0.1) is 18.8 Å². The van der Waals surface area contributed by atoms with Crippen LogP contribution in [-0.2, 0) is 22.4 Å². The summed E-state index contributed by atoms with van der Waals surface area (Å²) in [4.78, 5) is 14.9. The Bertz CT molecular complexity index is 920. The lowest BCUT2D eigenvalue weighted by Gasteiger charge is -2.33. The fourth-order valence-corrected chi connectivity index (χ4v) is 6.14. The van der Waals surface area contributed by atoms with E-state index in [-0.39, 0.29) is 18.7 Å². The summed E-state index contributed by atoms with van der Waals surface area (Å²) in [7, 11) is 0. The molecule has 0 bridgehead atoms. The Morgan fingerprint density at radius 2 is 1.93 bits per heavy atom. The number of carbonyl (C=O) groups excluding carboxylic acids is 1. The number of hydrogen-bond acceptors (Lipinski definition) is 5. The molecule has 5 rings (SSSR count). The molecule has 0 saturated carbocycles. The number of anilines is 1. The van der Waals surface area contributed by atoms with Gasteiger partial charge in [0, 0.05) is 17.4 Å². The van der Waals surface area contributed by atoms with Crippen LogP contribution in [0, 0.1) is 0 Å². The lowest BCUT2D eigenvalue weighted by Crippen LogP contribution is -3.14. The van der Waals surface area contributed by atoms with Crippen molar-refractivity contribution >= 4 is 22.2 Å². The van der Waals surface area contributed by atoms with Crippen molar-refractivity contribution < 1.29 is 23.9 Å². The summed E-state index contributed by atoms with van der Waals surface area (Å²) >= 11 is 1.77. The van der Waals surface area contributed by atoms with Gasteiger partial charge in [0.15, 0.2) is 11.5 Å². The zero-order chi connectivity index (χ0) is 19.8. The topological polar surface area (TPSA) is 61.2 Å². The second kappa shape index (κ2) is 7.97. The predicted octanol–water partition coefficient (Wildman–Crippen LogP) is 2.32. The molecule has 1 aromatic heterocycles. The second-order valence-corrected chi connectivity index (χ2v) is 9.06. The lowest BCUT2D eigenvalue weighted by atomic mass is 9.88. The fraction of sp³-hybridized carbons (Fsp3) is 0.500. The van der Waals surface area contributed by atoms with Gasteiger partial charge in [-0.05, 0) is 49.4 Å². The maximum Gasteiger partial charge on any atom is 0.231 e. The van der Waals surface area contributed by atoms with Gasteiger partial charge in [-0.15, -0.1) is 11.3 Å². The van der Waals surface area contributed by atoms with Crippen molar-refractivity contribution in [1.82, 2.24) is 0 Å². The maximum atomic E-state index is 12.0. The fourth-order valence-electron chi connectivity index (χ4n) is 4.77. The lowest BCUT2D eigenvalue weighted by molar-refractivity contribution is -0.933. The van der Waals surface area contributed by atoms with Crippen molar-refractivity contribution in [3.63, 3.8) is 0 Å². The number of carbonyl (C=O) groups is 1. The van der Waals surface area contributed by atoms with E-state index in [0.29, 0.717) is 0 Å². The van der Waals surface area contributed by atoms with Crippen molar-refractivity contribution in [2.75, 3.05) is 38.4 Å². The van der Waals surface area contributed by atoms with Crippen LogP contribution in [0.2, 0.25) is 0 Å². The normalized spacial score (nSPS) is 19.6. The number of benzene rings is 1. The van der Waals surface area contributed by atoms with Crippen molar-refractivity contribution in [1.29, 1.82) is 0 Å². The highest BCUT2D eigenvalue weighted by molar-refractivity contribution is 7.16. The number of amides is 1. The van der Waals surface area contributed by atoms with Crippen LogP contribution in [0.5, 0.6) is 11.5 Å². The first-order valence-corrected chi connectivity index (χ1v) is 11.3. The van der Waals surface area contributed by atoms with Gasteiger partial charge in [0.1, 0.15) is 24.1 Å². The minimum atomic E-state index is -0.00809. The third kappa shape index (κ3) is 3.63. The molecule has 1 saturated heterocycles. The first-order valence-electron chi connectivity index (χ1n) is 10.4. The molecule has 0 unspecified atom stereocenters. The molecule has 0 spiro atoms. The zero-order valence-electron chi connectivity index (χ0n) is 16.7. The summed E-state index contributed by atoms with van der Waals surface area (Å²) in [5, 5.41) is 4.17. The Hall–Kier alpha value is -2.09. The molecule has 1 aromatic carbocycles. The van der Waals surface area contributed by atoms with Crippen LogP contribution in [0.25, 0.3) is 0 Å². The summed E-state index contributed by atoms with van der Waals surface area (Å²) < 4.78 is 16.9. The Balaban J connectivity index is 1.64. The minimum Gasteiger partial charge on any atom is -0.454 e. The molecule has 7 heteroatoms. The van der Waals surface area contributed by atoms with Gasteiger partial charge < -0.3 is 24.4 Å². The smallest absolute Gasteiger partial charge is 0.231 e. The monoisotopic (exact) mass is 415 g/mol. The maximum absolute atomic E-state index is 12.0. The van der Waals surface area contributed by atoms with E-state index >= 15 is 0 Å². The van der Waals surface area contributed by atoms with Gasteiger partial charge in [-0.3, -0.25) is 4.79 Å². The first kappa shape index (κ1) is 18.9. The number of fused-ring (bicyclic) bond motifs is 2. The van der Waals surface area contributed by atoms with Gasteiger partial charge in [-0.1, -0.05) is 0 Å². The highest BCUT2D eigenvalue weighted by atomic mass is 32.1. The molecular formula is C22H27N2O4S+. The van der Waals surface area contributed by atoms with Gasteiger partial charge >= 0.3 is 0 Å². The molecule has 29 heavy (non-hydrogen) atoms. The number of quaternary nitrogens is 1. The third-order valence-electron chi connectivity index (χ3n) is 6.06. The van der Waals surface area contributed by atoms with Crippen molar-refractivity contribution in [2.45, 2.75) is 38.6 Å². The number of morpholine rings is 1. The van der Waals surface area contributed by atoms with E-state index in [0.717, 1.165) is 55.6 Å². The molecule has 2 aromatic rings. The second-order valence-electron chi connectivity index (χ2n) is 7.95. The standard InChI is InChI=1S/C22H26N2O4S/c1-14(25)23-22-20(16-4-2-3-5-19(16)29-22)21(24-8-10-26-11-9-24)15-6-7-17-18(12-15)28-13-27-17/h6-7,12,21H,2-5,8-11,13H2,1H3,(H,23,25)/p+1/t21-/m0/s1. The van der Waals surface area contributed by atoms with Crippen LogP contribution < -0.4 is 19.7 Å². The molecular weight excluding hydrogens is 388 g/mol. The number of rotatable bonds is 4. The number of thiophene rings is 1. The predicted molar refractivity (Wildman–Crippen MR) is 111 cm³/mol. The van der Waals surface area contributed by atoms with Crippen molar-refractivity contribution in [3.05, 3.63) is 39.8 Å². The van der Waals surface area contributed by atoms with Crippen LogP contribution in [0.4, 0.5) is 5.00 Å². The Morgan fingerprint density at radius 1 is 1.14 bits per heavy atom. The third-order valence-corrected chi connectivity index (χ3v) is 7.29. The van der Waals surface area contributed by atoms with Gasteiger partial charge in [0.2, 0.25) is 12.7 Å². The number of aryl methyl sites for hydroxylation is 1. The molecule has 1 aliphatic carbocycles. The van der Waals surface area contributed by atoms with E-state index in [2.05, 4.69) is 17.4 Å². The summed E-state index contributed by atoms with van der Waals surface area (Å²) in [5.41, 5.74) is 3.96. The molecule has 1 fully saturated rings. The molecule has 154 valence electrons. The number of nitrogens with one attached hydrogen (secondary N) is 2.